The lowest BCUT2D eigenvalue weighted by atomic mass is 10.2. The van der Waals surface area contributed by atoms with Gasteiger partial charge in [-0.15, -0.1) is 11.3 Å². The van der Waals surface area contributed by atoms with Gasteiger partial charge >= 0.3 is 0 Å². The molecule has 0 amide bonds. The summed E-state index contributed by atoms with van der Waals surface area (Å²) < 4.78 is 14.4. The van der Waals surface area contributed by atoms with E-state index < -0.39 is 0 Å². The number of nitrogens with one attached hydrogen (secondary N) is 1. The summed E-state index contributed by atoms with van der Waals surface area (Å²) in [6.45, 7) is 0.506. The molecule has 3 rings (SSSR count). The van der Waals surface area contributed by atoms with Gasteiger partial charge in [-0.05, 0) is 58.8 Å². The molecule has 1 N–H and O–H groups in total. The third kappa shape index (κ3) is 2.72. The molecule has 96 valence electrons. The van der Waals surface area contributed by atoms with Crippen molar-refractivity contribution in [2.45, 2.75) is 6.54 Å². The first-order valence-electron chi connectivity index (χ1n) is 5.87. The van der Waals surface area contributed by atoms with Crippen molar-refractivity contribution in [3.05, 3.63) is 64.2 Å². The summed E-state index contributed by atoms with van der Waals surface area (Å²) >= 11 is 7.75. The molecule has 0 saturated heterocycles. The second-order valence-electron chi connectivity index (χ2n) is 4.26. The van der Waals surface area contributed by atoms with Crippen LogP contribution >= 0.6 is 22.9 Å². The van der Waals surface area contributed by atoms with Crippen LogP contribution in [0.25, 0.3) is 10.1 Å². The number of hydrogen-bond donors (Lipinski definition) is 1. The van der Waals surface area contributed by atoms with E-state index in [9.17, 15) is 4.39 Å². The zero-order valence-corrected chi connectivity index (χ0v) is 11.6. The SMILES string of the molecule is Fc1ccc(Cl)c(CNc2ccc3sccc3c2)c1. The Kier molecular flexibility index (Phi) is 3.40. The summed E-state index contributed by atoms with van der Waals surface area (Å²) in [6.07, 6.45) is 0. The molecule has 0 atom stereocenters. The van der Waals surface area contributed by atoms with E-state index in [4.69, 9.17) is 11.6 Å². The summed E-state index contributed by atoms with van der Waals surface area (Å²) in [5, 5.41) is 7.11. The van der Waals surface area contributed by atoms with Gasteiger partial charge in [0, 0.05) is 22.0 Å². The van der Waals surface area contributed by atoms with Crippen LogP contribution in [0.15, 0.2) is 47.8 Å². The van der Waals surface area contributed by atoms with Crippen molar-refractivity contribution in [2.75, 3.05) is 5.32 Å². The molecule has 19 heavy (non-hydrogen) atoms. The Morgan fingerprint density at radius 3 is 2.89 bits per heavy atom. The molecule has 0 saturated carbocycles. The Balaban J connectivity index is 1.79. The Labute approximate surface area is 119 Å². The molecule has 0 radical (unpaired) electrons. The zero-order chi connectivity index (χ0) is 13.2. The largest absolute Gasteiger partial charge is 0.381 e. The van der Waals surface area contributed by atoms with Crippen LogP contribution in [0.2, 0.25) is 5.02 Å². The highest BCUT2D eigenvalue weighted by Gasteiger charge is 2.03. The molecule has 2 aromatic carbocycles. The van der Waals surface area contributed by atoms with Gasteiger partial charge in [-0.25, -0.2) is 4.39 Å². The molecule has 1 heterocycles. The van der Waals surface area contributed by atoms with Crippen LogP contribution in [0.3, 0.4) is 0 Å². The first kappa shape index (κ1) is 12.5. The second-order valence-corrected chi connectivity index (χ2v) is 5.62. The number of hydrogen-bond acceptors (Lipinski definition) is 2. The molecule has 0 spiro atoms. The molecule has 0 aliphatic heterocycles. The van der Waals surface area contributed by atoms with Crippen LogP contribution < -0.4 is 5.32 Å². The number of fused-ring (bicyclic) bond motifs is 1. The predicted molar refractivity (Wildman–Crippen MR) is 80.6 cm³/mol. The summed E-state index contributed by atoms with van der Waals surface area (Å²) in [4.78, 5) is 0. The Morgan fingerprint density at radius 1 is 1.11 bits per heavy atom. The Morgan fingerprint density at radius 2 is 2.00 bits per heavy atom. The maximum atomic E-state index is 13.2. The first-order valence-corrected chi connectivity index (χ1v) is 7.13. The molecule has 3 aromatic rings. The van der Waals surface area contributed by atoms with E-state index in [0.717, 1.165) is 11.3 Å². The molecular weight excluding hydrogens is 281 g/mol. The zero-order valence-electron chi connectivity index (χ0n) is 9.99. The summed E-state index contributed by atoms with van der Waals surface area (Å²) in [7, 11) is 0. The molecule has 0 bridgehead atoms. The lowest BCUT2D eigenvalue weighted by Gasteiger charge is -2.08. The standard InChI is InChI=1S/C15H11ClFNS/c16-14-3-1-12(17)7-11(14)9-18-13-2-4-15-10(8-13)5-6-19-15/h1-8,18H,9H2. The van der Waals surface area contributed by atoms with E-state index >= 15 is 0 Å². The van der Waals surface area contributed by atoms with Gasteiger partial charge in [0.05, 0.1) is 0 Å². The van der Waals surface area contributed by atoms with E-state index in [1.807, 2.05) is 6.07 Å². The minimum Gasteiger partial charge on any atom is -0.381 e. The van der Waals surface area contributed by atoms with Crippen molar-refractivity contribution in [2.24, 2.45) is 0 Å². The molecule has 0 unspecified atom stereocenters. The quantitative estimate of drug-likeness (QED) is 0.690. The number of thiophene rings is 1. The molecule has 0 aliphatic carbocycles. The van der Waals surface area contributed by atoms with Gasteiger partial charge in [0.2, 0.25) is 0 Å². The summed E-state index contributed by atoms with van der Waals surface area (Å²) in [5.41, 5.74) is 1.76. The van der Waals surface area contributed by atoms with Gasteiger partial charge in [-0.3, -0.25) is 0 Å². The van der Waals surface area contributed by atoms with Crippen LogP contribution in [0, 0.1) is 5.82 Å². The van der Waals surface area contributed by atoms with E-state index in [1.165, 1.54) is 22.2 Å². The fourth-order valence-corrected chi connectivity index (χ4v) is 2.91. The maximum absolute atomic E-state index is 13.2. The monoisotopic (exact) mass is 291 g/mol. The van der Waals surface area contributed by atoms with Gasteiger partial charge in [0.1, 0.15) is 5.82 Å². The smallest absolute Gasteiger partial charge is 0.123 e. The van der Waals surface area contributed by atoms with Gasteiger partial charge in [0.15, 0.2) is 0 Å². The third-order valence-corrected chi connectivity index (χ3v) is 4.21. The predicted octanol–water partition coefficient (Wildman–Crippen LogP) is 5.31. The van der Waals surface area contributed by atoms with Crippen LogP contribution in [0.5, 0.6) is 0 Å². The van der Waals surface area contributed by atoms with Gasteiger partial charge in [-0.1, -0.05) is 11.6 Å². The number of rotatable bonds is 3. The van der Waals surface area contributed by atoms with Crippen molar-refractivity contribution in [3.8, 4) is 0 Å². The average molecular weight is 292 g/mol. The fraction of sp³-hybridized carbons (Fsp3) is 0.0667. The molecule has 1 aromatic heterocycles. The van der Waals surface area contributed by atoms with Crippen LogP contribution in [-0.4, -0.2) is 0 Å². The minimum atomic E-state index is -0.269. The van der Waals surface area contributed by atoms with Gasteiger partial charge in [0.25, 0.3) is 0 Å². The van der Waals surface area contributed by atoms with Crippen LogP contribution in [-0.2, 0) is 6.54 Å². The highest BCUT2D eigenvalue weighted by molar-refractivity contribution is 7.17. The Hall–Kier alpha value is -1.58. The maximum Gasteiger partial charge on any atom is 0.123 e. The van der Waals surface area contributed by atoms with E-state index in [2.05, 4.69) is 28.9 Å². The number of anilines is 1. The van der Waals surface area contributed by atoms with E-state index in [1.54, 1.807) is 17.4 Å². The van der Waals surface area contributed by atoms with Crippen molar-refractivity contribution >= 4 is 38.7 Å². The number of halogens is 2. The van der Waals surface area contributed by atoms with Gasteiger partial charge < -0.3 is 5.32 Å². The van der Waals surface area contributed by atoms with Crippen molar-refractivity contribution < 1.29 is 4.39 Å². The van der Waals surface area contributed by atoms with Gasteiger partial charge in [-0.2, -0.15) is 0 Å². The van der Waals surface area contributed by atoms with Crippen LogP contribution in [0.1, 0.15) is 5.56 Å². The van der Waals surface area contributed by atoms with E-state index in [-0.39, 0.29) is 5.82 Å². The summed E-state index contributed by atoms with van der Waals surface area (Å²) in [5.74, 6) is -0.269. The topological polar surface area (TPSA) is 12.0 Å². The molecular formula is C15H11ClFNS. The number of benzene rings is 2. The molecule has 1 nitrogen and oxygen atoms in total. The molecule has 0 fully saturated rings. The average Bonchev–Trinajstić information content (AvgIpc) is 2.87. The summed E-state index contributed by atoms with van der Waals surface area (Å²) in [6, 6.07) is 12.7. The van der Waals surface area contributed by atoms with Crippen molar-refractivity contribution in [3.63, 3.8) is 0 Å². The second kappa shape index (κ2) is 5.19. The lowest BCUT2D eigenvalue weighted by molar-refractivity contribution is 0.626. The minimum absolute atomic E-state index is 0.269. The van der Waals surface area contributed by atoms with Crippen molar-refractivity contribution in [1.82, 2.24) is 0 Å². The highest BCUT2D eigenvalue weighted by Crippen LogP contribution is 2.25. The Bertz CT molecular complexity index is 723. The first-order chi connectivity index (χ1) is 9.22. The van der Waals surface area contributed by atoms with Crippen LogP contribution in [0.4, 0.5) is 10.1 Å². The fourth-order valence-electron chi connectivity index (χ4n) is 1.95. The van der Waals surface area contributed by atoms with E-state index in [0.29, 0.717) is 11.6 Å². The third-order valence-electron chi connectivity index (χ3n) is 2.94. The molecule has 0 aliphatic rings. The lowest BCUT2D eigenvalue weighted by Crippen LogP contribution is -2.00. The van der Waals surface area contributed by atoms with Crippen molar-refractivity contribution in [1.29, 1.82) is 0 Å². The molecule has 4 heteroatoms. The highest BCUT2D eigenvalue weighted by atomic mass is 35.5. The normalized spacial score (nSPS) is 10.8.